The molecule has 0 aliphatic heterocycles. The highest BCUT2D eigenvalue weighted by molar-refractivity contribution is 5.96. The van der Waals surface area contributed by atoms with Gasteiger partial charge in [0.1, 0.15) is 6.07 Å². The maximum absolute atomic E-state index is 12.4. The van der Waals surface area contributed by atoms with Crippen LogP contribution in [0.3, 0.4) is 0 Å². The van der Waals surface area contributed by atoms with Crippen molar-refractivity contribution in [1.82, 2.24) is 4.98 Å². The quantitative estimate of drug-likeness (QED) is 0.738. The number of halogens is 3. The fraction of sp³-hybridized carbons (Fsp3) is 0.125. The number of nitrogen functional groups attached to an aromatic ring is 1. The van der Waals surface area contributed by atoms with Crippen molar-refractivity contribution in [2.75, 3.05) is 5.73 Å². The Kier molecular flexibility index (Phi) is 2.72. The van der Waals surface area contributed by atoms with Crippen LogP contribution in [0.1, 0.15) is 21.7 Å². The molecule has 0 aliphatic rings. The third kappa shape index (κ3) is 2.03. The molecule has 4 N–H and O–H groups in total. The van der Waals surface area contributed by atoms with Crippen molar-refractivity contribution in [3.05, 3.63) is 23.0 Å². The van der Waals surface area contributed by atoms with Crippen LogP contribution < -0.4 is 11.5 Å². The minimum atomic E-state index is -4.76. The minimum absolute atomic E-state index is 0.464. The Morgan fingerprint density at radius 2 is 2.06 bits per heavy atom. The summed E-state index contributed by atoms with van der Waals surface area (Å²) in [6, 6.07) is 1.69. The molecule has 16 heavy (non-hydrogen) atoms. The molecule has 0 fully saturated rings. The van der Waals surface area contributed by atoms with Crippen molar-refractivity contribution in [2.45, 2.75) is 6.18 Å². The zero-order chi connectivity index (χ0) is 12.5. The molecule has 0 spiro atoms. The molecule has 1 amide bonds. The summed E-state index contributed by atoms with van der Waals surface area (Å²) in [4.78, 5) is 13.9. The zero-order valence-corrected chi connectivity index (χ0v) is 7.67. The van der Waals surface area contributed by atoms with Crippen molar-refractivity contribution in [1.29, 1.82) is 5.26 Å². The third-order valence-corrected chi connectivity index (χ3v) is 1.70. The van der Waals surface area contributed by atoms with Crippen LogP contribution >= 0.6 is 0 Å². The summed E-state index contributed by atoms with van der Waals surface area (Å²) in [5.41, 5.74) is 6.70. The SMILES string of the molecule is N#Cc1nc(C(N)=O)c(N)cc1C(F)(F)F. The molecule has 0 atom stereocenters. The fourth-order valence-electron chi connectivity index (χ4n) is 1.03. The average Bonchev–Trinajstić information content (AvgIpc) is 2.15. The molecule has 0 aromatic carbocycles. The monoisotopic (exact) mass is 230 g/mol. The number of rotatable bonds is 1. The maximum atomic E-state index is 12.4. The third-order valence-electron chi connectivity index (χ3n) is 1.70. The average molecular weight is 230 g/mol. The summed E-state index contributed by atoms with van der Waals surface area (Å²) in [5.74, 6) is -1.09. The number of nitrogens with zero attached hydrogens (tertiary/aromatic N) is 2. The number of aromatic nitrogens is 1. The van der Waals surface area contributed by atoms with Crippen LogP contribution in [-0.2, 0) is 6.18 Å². The van der Waals surface area contributed by atoms with Gasteiger partial charge in [0, 0.05) is 0 Å². The molecule has 8 heteroatoms. The first-order valence-corrected chi connectivity index (χ1v) is 3.85. The maximum Gasteiger partial charge on any atom is 0.419 e. The van der Waals surface area contributed by atoms with Gasteiger partial charge >= 0.3 is 6.18 Å². The molecule has 1 rings (SSSR count). The number of alkyl halides is 3. The van der Waals surface area contributed by atoms with Crippen LogP contribution in [0.15, 0.2) is 6.07 Å². The van der Waals surface area contributed by atoms with E-state index in [0.29, 0.717) is 6.07 Å². The van der Waals surface area contributed by atoms with E-state index in [-0.39, 0.29) is 0 Å². The molecule has 84 valence electrons. The Morgan fingerprint density at radius 1 is 1.50 bits per heavy atom. The van der Waals surface area contributed by atoms with Gasteiger partial charge in [0.05, 0.1) is 11.3 Å². The number of carbonyl (C=O) groups excluding carboxylic acids is 1. The lowest BCUT2D eigenvalue weighted by Crippen LogP contribution is -2.19. The molecule has 1 aromatic rings. The molecule has 0 saturated carbocycles. The van der Waals surface area contributed by atoms with Crippen molar-refractivity contribution in [3.63, 3.8) is 0 Å². The lowest BCUT2D eigenvalue weighted by molar-refractivity contribution is -0.138. The summed E-state index contributed by atoms with van der Waals surface area (Å²) >= 11 is 0. The fourth-order valence-corrected chi connectivity index (χ4v) is 1.03. The Balaban J connectivity index is 3.52. The molecular formula is C8H5F3N4O. The topological polar surface area (TPSA) is 106 Å². The van der Waals surface area contributed by atoms with Crippen LogP contribution in [0.25, 0.3) is 0 Å². The first-order valence-electron chi connectivity index (χ1n) is 3.85. The highest BCUT2D eigenvalue weighted by atomic mass is 19.4. The number of carbonyl (C=O) groups is 1. The smallest absolute Gasteiger partial charge is 0.397 e. The van der Waals surface area contributed by atoms with Gasteiger partial charge in [0.15, 0.2) is 11.4 Å². The molecule has 1 heterocycles. The number of hydrogen-bond acceptors (Lipinski definition) is 4. The van der Waals surface area contributed by atoms with Crippen LogP contribution in [0.4, 0.5) is 18.9 Å². The van der Waals surface area contributed by atoms with Crippen molar-refractivity contribution < 1.29 is 18.0 Å². The van der Waals surface area contributed by atoms with E-state index in [1.807, 2.05) is 0 Å². The Labute approximate surface area is 87.5 Å². The largest absolute Gasteiger partial charge is 0.419 e. The molecule has 0 unspecified atom stereocenters. The second-order valence-corrected chi connectivity index (χ2v) is 2.80. The first kappa shape index (κ1) is 11.8. The van der Waals surface area contributed by atoms with Gasteiger partial charge in [-0.2, -0.15) is 18.4 Å². The number of anilines is 1. The zero-order valence-electron chi connectivity index (χ0n) is 7.67. The second-order valence-electron chi connectivity index (χ2n) is 2.80. The van der Waals surface area contributed by atoms with Gasteiger partial charge in [-0.15, -0.1) is 0 Å². The lowest BCUT2D eigenvalue weighted by Gasteiger charge is -2.10. The molecule has 0 bridgehead atoms. The van der Waals surface area contributed by atoms with Crippen LogP contribution in [-0.4, -0.2) is 10.9 Å². The van der Waals surface area contributed by atoms with E-state index in [1.165, 1.54) is 6.07 Å². The van der Waals surface area contributed by atoms with E-state index < -0.39 is 34.7 Å². The van der Waals surface area contributed by atoms with E-state index >= 15 is 0 Å². The first-order chi connectivity index (χ1) is 7.27. The Bertz CT molecular complexity index is 489. The number of amides is 1. The Hall–Kier alpha value is -2.30. The number of hydrogen-bond donors (Lipinski definition) is 2. The number of pyridine rings is 1. The van der Waals surface area contributed by atoms with Crippen LogP contribution in [0.5, 0.6) is 0 Å². The molecule has 0 aliphatic carbocycles. The van der Waals surface area contributed by atoms with E-state index in [2.05, 4.69) is 4.98 Å². The van der Waals surface area contributed by atoms with Gasteiger partial charge in [0.25, 0.3) is 5.91 Å². The van der Waals surface area contributed by atoms with Crippen LogP contribution in [0, 0.1) is 11.3 Å². The second kappa shape index (κ2) is 3.69. The Morgan fingerprint density at radius 3 is 2.44 bits per heavy atom. The summed E-state index contributed by atoms with van der Waals surface area (Å²) in [6.45, 7) is 0. The van der Waals surface area contributed by atoms with E-state index in [0.717, 1.165) is 0 Å². The number of nitrogens with two attached hydrogens (primary N) is 2. The summed E-state index contributed by atoms with van der Waals surface area (Å²) in [5, 5.41) is 8.47. The lowest BCUT2D eigenvalue weighted by atomic mass is 10.1. The number of nitriles is 1. The summed E-state index contributed by atoms with van der Waals surface area (Å²) in [7, 11) is 0. The normalized spacial score (nSPS) is 10.9. The van der Waals surface area contributed by atoms with Crippen molar-refractivity contribution >= 4 is 11.6 Å². The molecule has 0 radical (unpaired) electrons. The predicted octanol–water partition coefficient (Wildman–Crippen LogP) is 0.653. The van der Waals surface area contributed by atoms with Gasteiger partial charge < -0.3 is 11.5 Å². The number of primary amides is 1. The standard InChI is InChI=1S/C8H5F3N4O/c9-8(10,11)3-1-4(13)6(7(14)16)15-5(3)2-12/h1H,13H2,(H2,14,16). The predicted molar refractivity (Wildman–Crippen MR) is 46.9 cm³/mol. The summed E-state index contributed by atoms with van der Waals surface area (Å²) < 4.78 is 37.2. The summed E-state index contributed by atoms with van der Waals surface area (Å²) in [6.07, 6.45) is -4.76. The highest BCUT2D eigenvalue weighted by Crippen LogP contribution is 2.32. The van der Waals surface area contributed by atoms with Gasteiger partial charge in [0.2, 0.25) is 0 Å². The van der Waals surface area contributed by atoms with E-state index in [9.17, 15) is 18.0 Å². The van der Waals surface area contributed by atoms with Crippen LogP contribution in [0.2, 0.25) is 0 Å². The molecule has 1 aromatic heterocycles. The van der Waals surface area contributed by atoms with Gasteiger partial charge in [-0.1, -0.05) is 0 Å². The van der Waals surface area contributed by atoms with Crippen molar-refractivity contribution in [2.24, 2.45) is 5.73 Å². The molecule has 0 saturated heterocycles. The van der Waals surface area contributed by atoms with E-state index in [1.54, 1.807) is 0 Å². The highest BCUT2D eigenvalue weighted by Gasteiger charge is 2.35. The van der Waals surface area contributed by atoms with Gasteiger partial charge in [-0.3, -0.25) is 4.79 Å². The van der Waals surface area contributed by atoms with Gasteiger partial charge in [-0.25, -0.2) is 4.98 Å². The molecule has 5 nitrogen and oxygen atoms in total. The minimum Gasteiger partial charge on any atom is -0.397 e. The molecular weight excluding hydrogens is 225 g/mol. The van der Waals surface area contributed by atoms with E-state index in [4.69, 9.17) is 16.7 Å². The van der Waals surface area contributed by atoms with Gasteiger partial charge in [-0.05, 0) is 6.07 Å². The van der Waals surface area contributed by atoms with Crippen molar-refractivity contribution in [3.8, 4) is 6.07 Å².